The lowest BCUT2D eigenvalue weighted by molar-refractivity contribution is 1.40. The van der Waals surface area contributed by atoms with E-state index in [0.717, 1.165) is 5.57 Å². The summed E-state index contributed by atoms with van der Waals surface area (Å²) in [6, 6.07) is 8.48. The minimum atomic E-state index is 1.10. The largest absolute Gasteiger partial charge is 0.0961 e. The van der Waals surface area contributed by atoms with Crippen LogP contribution in [0.15, 0.2) is 60.2 Å². The van der Waals surface area contributed by atoms with Crippen LogP contribution in [0.1, 0.15) is 45.7 Å². The lowest BCUT2D eigenvalue weighted by atomic mass is 10.2. The maximum atomic E-state index is 3.77. The minimum absolute atomic E-state index is 1.10. The summed E-state index contributed by atoms with van der Waals surface area (Å²) in [7, 11) is 0. The Kier molecular flexibility index (Phi) is 13.4. The first-order valence-corrected chi connectivity index (χ1v) is 6.95. The molecule has 0 aliphatic carbocycles. The molecule has 0 fully saturated rings. The van der Waals surface area contributed by atoms with Gasteiger partial charge in [-0.2, -0.15) is 0 Å². The van der Waals surface area contributed by atoms with Gasteiger partial charge in [0.05, 0.1) is 0 Å². The van der Waals surface area contributed by atoms with Gasteiger partial charge in [0.1, 0.15) is 0 Å². The Morgan fingerprint density at radius 1 is 0.947 bits per heavy atom. The molecular weight excluding hydrogens is 228 g/mol. The van der Waals surface area contributed by atoms with Crippen LogP contribution in [0.3, 0.4) is 0 Å². The molecule has 0 nitrogen and oxygen atoms in total. The van der Waals surface area contributed by atoms with E-state index >= 15 is 0 Å². The Morgan fingerprint density at radius 2 is 1.32 bits per heavy atom. The van der Waals surface area contributed by atoms with Crippen molar-refractivity contribution < 1.29 is 0 Å². The van der Waals surface area contributed by atoms with Crippen LogP contribution in [0, 0.1) is 13.8 Å². The summed E-state index contributed by atoms with van der Waals surface area (Å²) in [6.45, 7) is 18.0. The molecular formula is C19H30. The fourth-order valence-corrected chi connectivity index (χ4v) is 1.34. The van der Waals surface area contributed by atoms with Crippen LogP contribution >= 0.6 is 0 Å². The summed E-state index contributed by atoms with van der Waals surface area (Å²) in [4.78, 5) is 0. The molecule has 1 aromatic carbocycles. The van der Waals surface area contributed by atoms with Gasteiger partial charge in [-0.05, 0) is 34.6 Å². The van der Waals surface area contributed by atoms with Crippen molar-refractivity contribution in [3.05, 3.63) is 71.3 Å². The molecule has 106 valence electrons. The van der Waals surface area contributed by atoms with E-state index in [1.54, 1.807) is 0 Å². The number of benzene rings is 1. The summed E-state index contributed by atoms with van der Waals surface area (Å²) in [5, 5.41) is 0. The minimum Gasteiger partial charge on any atom is -0.0961 e. The molecule has 0 radical (unpaired) electrons. The third-order valence-corrected chi connectivity index (χ3v) is 2.12. The van der Waals surface area contributed by atoms with Gasteiger partial charge in [0.15, 0.2) is 0 Å². The van der Waals surface area contributed by atoms with Crippen molar-refractivity contribution in [3.63, 3.8) is 0 Å². The molecule has 19 heavy (non-hydrogen) atoms. The quantitative estimate of drug-likeness (QED) is 0.537. The fourth-order valence-electron chi connectivity index (χ4n) is 1.34. The third-order valence-electron chi connectivity index (χ3n) is 2.12. The summed E-state index contributed by atoms with van der Waals surface area (Å²) < 4.78 is 0. The molecule has 0 aromatic heterocycles. The zero-order chi connectivity index (χ0) is 15.3. The Hall–Kier alpha value is -1.56. The van der Waals surface area contributed by atoms with Crippen molar-refractivity contribution in [2.45, 2.75) is 48.5 Å². The molecule has 1 aromatic rings. The van der Waals surface area contributed by atoms with Crippen molar-refractivity contribution in [2.24, 2.45) is 0 Å². The van der Waals surface area contributed by atoms with Gasteiger partial charge in [0.2, 0.25) is 0 Å². The van der Waals surface area contributed by atoms with E-state index in [-0.39, 0.29) is 0 Å². The molecule has 1 rings (SSSR count). The summed E-state index contributed by atoms with van der Waals surface area (Å²) in [6.07, 6.45) is 6.14. The monoisotopic (exact) mass is 258 g/mol. The second-order valence-corrected chi connectivity index (χ2v) is 4.39. The molecule has 0 spiro atoms. The van der Waals surface area contributed by atoms with Crippen LogP contribution in [0.25, 0.3) is 0 Å². The van der Waals surface area contributed by atoms with E-state index in [4.69, 9.17) is 0 Å². The average molecular weight is 258 g/mol. The lowest BCUT2D eigenvalue weighted by Crippen LogP contribution is -1.70. The van der Waals surface area contributed by atoms with E-state index in [2.05, 4.69) is 63.8 Å². The summed E-state index contributed by atoms with van der Waals surface area (Å²) >= 11 is 0. The van der Waals surface area contributed by atoms with Gasteiger partial charge in [-0.1, -0.05) is 85.2 Å². The van der Waals surface area contributed by atoms with Crippen LogP contribution in [-0.2, 0) is 0 Å². The van der Waals surface area contributed by atoms with Gasteiger partial charge in [-0.15, -0.1) is 0 Å². The first-order valence-electron chi connectivity index (χ1n) is 6.95. The highest BCUT2D eigenvalue weighted by Crippen LogP contribution is 2.00. The molecule has 0 unspecified atom stereocenters. The second kappa shape index (κ2) is 12.9. The zero-order valence-corrected chi connectivity index (χ0v) is 13.7. The molecule has 0 saturated heterocycles. The number of hydrogen-bond acceptors (Lipinski definition) is 0. The molecule has 0 aliphatic heterocycles. The Balaban J connectivity index is 0. The van der Waals surface area contributed by atoms with Gasteiger partial charge >= 0.3 is 0 Å². The highest BCUT2D eigenvalue weighted by atomic mass is 13.9. The van der Waals surface area contributed by atoms with Crippen molar-refractivity contribution in [1.82, 2.24) is 0 Å². The molecule has 0 bridgehead atoms. The maximum Gasteiger partial charge on any atom is -0.0398 e. The van der Waals surface area contributed by atoms with Gasteiger partial charge in [0, 0.05) is 0 Å². The smallest absolute Gasteiger partial charge is 0.0398 e. The Morgan fingerprint density at radius 3 is 1.58 bits per heavy atom. The number of rotatable bonds is 2. The number of hydrogen-bond donors (Lipinski definition) is 0. The van der Waals surface area contributed by atoms with Gasteiger partial charge in [-0.25, -0.2) is 0 Å². The first-order chi connectivity index (χ1) is 8.95. The van der Waals surface area contributed by atoms with Crippen LogP contribution in [0.4, 0.5) is 0 Å². The average Bonchev–Trinajstić information content (AvgIpc) is 2.35. The molecule has 0 amide bonds. The van der Waals surface area contributed by atoms with E-state index in [1.807, 2.05) is 33.8 Å². The van der Waals surface area contributed by atoms with E-state index < -0.39 is 0 Å². The van der Waals surface area contributed by atoms with Crippen molar-refractivity contribution >= 4 is 0 Å². The van der Waals surface area contributed by atoms with E-state index in [9.17, 15) is 0 Å². The molecule has 0 atom stereocenters. The fraction of sp³-hybridized carbons (Fsp3) is 0.368. The third kappa shape index (κ3) is 14.4. The van der Waals surface area contributed by atoms with Crippen LogP contribution in [0.2, 0.25) is 0 Å². The second-order valence-electron chi connectivity index (χ2n) is 4.39. The van der Waals surface area contributed by atoms with Gasteiger partial charge in [0.25, 0.3) is 0 Å². The highest BCUT2D eigenvalue weighted by Gasteiger charge is 1.80. The Bertz CT molecular complexity index is 368. The zero-order valence-electron chi connectivity index (χ0n) is 13.7. The predicted molar refractivity (Wildman–Crippen MR) is 90.6 cm³/mol. The molecule has 0 N–H and O–H groups in total. The first kappa shape index (κ1) is 19.8. The number of aryl methyl sites for hydroxylation is 2. The van der Waals surface area contributed by atoms with Crippen molar-refractivity contribution in [3.8, 4) is 0 Å². The topological polar surface area (TPSA) is 0 Å². The predicted octanol–water partition coefficient (Wildman–Crippen LogP) is 6.41. The molecule has 0 heterocycles. The molecule has 0 saturated carbocycles. The SMILES string of the molecule is C=C(C)/C=C(C)\C=C/C.CC.Cc1ccc(C)cc1. The molecule has 0 aliphatic rings. The Labute approximate surface area is 120 Å². The summed E-state index contributed by atoms with van der Waals surface area (Å²) in [5.74, 6) is 0. The number of allylic oxidation sites excluding steroid dienone is 5. The van der Waals surface area contributed by atoms with Gasteiger partial charge in [-0.3, -0.25) is 0 Å². The molecule has 0 heteroatoms. The van der Waals surface area contributed by atoms with Crippen molar-refractivity contribution in [2.75, 3.05) is 0 Å². The van der Waals surface area contributed by atoms with Crippen LogP contribution in [-0.4, -0.2) is 0 Å². The lowest BCUT2D eigenvalue weighted by Gasteiger charge is -1.90. The van der Waals surface area contributed by atoms with Gasteiger partial charge < -0.3 is 0 Å². The van der Waals surface area contributed by atoms with Crippen molar-refractivity contribution in [1.29, 1.82) is 0 Å². The van der Waals surface area contributed by atoms with Crippen LogP contribution in [0.5, 0.6) is 0 Å². The van der Waals surface area contributed by atoms with E-state index in [0.29, 0.717) is 0 Å². The van der Waals surface area contributed by atoms with Crippen LogP contribution < -0.4 is 0 Å². The highest BCUT2D eigenvalue weighted by molar-refractivity contribution is 5.25. The normalized spacial score (nSPS) is 10.2. The summed E-state index contributed by atoms with van der Waals surface area (Å²) in [5.41, 5.74) is 5.02. The maximum absolute atomic E-state index is 3.77. The van der Waals surface area contributed by atoms with E-state index in [1.165, 1.54) is 16.7 Å². The standard InChI is InChI=1S/C9H14.C8H10.C2H6/c1-5-6-9(4)7-8(2)3;1-7-3-5-8(2)6-4-7;1-2/h5-7H,2H2,1,3-4H3;3-6H,1-2H3;1-2H3/b6-5-,9-7-;;.